The quantitative estimate of drug-likeness (QED) is 0.577. The van der Waals surface area contributed by atoms with E-state index in [4.69, 9.17) is 5.84 Å². The van der Waals surface area contributed by atoms with E-state index in [0.717, 1.165) is 16.4 Å². The molecule has 4 N–H and O–H groups in total. The minimum atomic E-state index is -0.293. The van der Waals surface area contributed by atoms with E-state index in [-0.39, 0.29) is 5.54 Å². The molecule has 0 aromatic carbocycles. The molecule has 0 amide bonds. The second-order valence-corrected chi connectivity index (χ2v) is 5.35. The molecule has 0 aliphatic heterocycles. The molecule has 0 bridgehead atoms. The Labute approximate surface area is 110 Å². The number of nitrogen functional groups attached to an aromatic ring is 1. The van der Waals surface area contributed by atoms with Crippen molar-refractivity contribution in [1.29, 1.82) is 0 Å². The summed E-state index contributed by atoms with van der Waals surface area (Å²) in [4.78, 5) is 12.7. The van der Waals surface area contributed by atoms with Gasteiger partial charge in [0.25, 0.3) is 0 Å². The smallest absolute Gasteiger partial charge is 0.239 e. The fraction of sp³-hybridized carbons (Fsp3) is 0.364. The van der Waals surface area contributed by atoms with Crippen molar-refractivity contribution in [2.24, 2.45) is 5.84 Å². The van der Waals surface area contributed by atoms with Crippen molar-refractivity contribution in [3.8, 4) is 0 Å². The Morgan fingerprint density at radius 3 is 2.72 bits per heavy atom. The number of hydrazine groups is 1. The molecule has 0 fully saturated rings. The van der Waals surface area contributed by atoms with Crippen LogP contribution in [0.4, 0.5) is 11.8 Å². The van der Waals surface area contributed by atoms with Crippen LogP contribution in [0.3, 0.4) is 0 Å². The fourth-order valence-electron chi connectivity index (χ4n) is 1.52. The molecule has 18 heavy (non-hydrogen) atoms. The molecule has 0 spiro atoms. The summed E-state index contributed by atoms with van der Waals surface area (Å²) in [6.45, 7) is 6.06. The van der Waals surface area contributed by atoms with E-state index < -0.39 is 0 Å². The number of aromatic nitrogens is 3. The molecule has 96 valence electrons. The van der Waals surface area contributed by atoms with Crippen molar-refractivity contribution in [1.82, 2.24) is 15.0 Å². The summed E-state index contributed by atoms with van der Waals surface area (Å²) < 4.78 is 0. The normalized spacial score (nSPS) is 11.3. The lowest BCUT2D eigenvalue weighted by atomic mass is 10.1. The van der Waals surface area contributed by atoms with Crippen molar-refractivity contribution < 1.29 is 0 Å². The van der Waals surface area contributed by atoms with Crippen LogP contribution in [-0.4, -0.2) is 15.0 Å². The molecule has 0 radical (unpaired) electrons. The number of aryl methyl sites for hydroxylation is 1. The van der Waals surface area contributed by atoms with Gasteiger partial charge >= 0.3 is 0 Å². The monoisotopic (exact) mass is 264 g/mol. The lowest BCUT2D eigenvalue weighted by Crippen LogP contribution is -2.29. The molecule has 0 aliphatic carbocycles. The first-order valence-electron chi connectivity index (χ1n) is 5.51. The van der Waals surface area contributed by atoms with Gasteiger partial charge in [-0.15, -0.1) is 11.3 Å². The van der Waals surface area contributed by atoms with Crippen molar-refractivity contribution in [2.45, 2.75) is 26.3 Å². The molecular formula is C11H16N6S. The Balaban J connectivity index is 2.28. The minimum absolute atomic E-state index is 0.293. The number of thiazole rings is 1. The molecule has 6 nitrogen and oxygen atoms in total. The Hall–Kier alpha value is -1.73. The zero-order valence-electron chi connectivity index (χ0n) is 10.6. The summed E-state index contributed by atoms with van der Waals surface area (Å²) in [5, 5.41) is 6.32. The maximum Gasteiger partial charge on any atom is 0.239 e. The van der Waals surface area contributed by atoms with E-state index in [1.54, 1.807) is 23.7 Å². The summed E-state index contributed by atoms with van der Waals surface area (Å²) in [5.41, 5.74) is 3.10. The van der Waals surface area contributed by atoms with Gasteiger partial charge in [0.15, 0.2) is 0 Å². The van der Waals surface area contributed by atoms with Gasteiger partial charge in [-0.25, -0.2) is 15.8 Å². The predicted octanol–water partition coefficient (Wildman–Crippen LogP) is 1.87. The van der Waals surface area contributed by atoms with Crippen LogP contribution < -0.4 is 16.6 Å². The number of nitrogens with one attached hydrogen (secondary N) is 2. The van der Waals surface area contributed by atoms with Crippen LogP contribution in [0.1, 0.15) is 24.4 Å². The number of anilines is 2. The van der Waals surface area contributed by atoms with Gasteiger partial charge in [-0.05, 0) is 20.8 Å². The Morgan fingerprint density at radius 1 is 1.33 bits per heavy atom. The fourth-order valence-corrected chi connectivity index (χ4v) is 2.24. The molecule has 0 aliphatic rings. The highest BCUT2D eigenvalue weighted by Crippen LogP contribution is 2.27. The molecule has 0 unspecified atom stereocenters. The maximum atomic E-state index is 5.31. The van der Waals surface area contributed by atoms with Crippen LogP contribution in [0.25, 0.3) is 0 Å². The van der Waals surface area contributed by atoms with Crippen LogP contribution in [0.15, 0.2) is 17.8 Å². The highest BCUT2D eigenvalue weighted by Gasteiger charge is 2.24. The van der Waals surface area contributed by atoms with Crippen LogP contribution in [0, 0.1) is 6.92 Å². The van der Waals surface area contributed by atoms with Crippen molar-refractivity contribution in [3.05, 3.63) is 28.3 Å². The van der Waals surface area contributed by atoms with E-state index in [1.165, 1.54) is 0 Å². The Morgan fingerprint density at radius 2 is 2.11 bits per heavy atom. The van der Waals surface area contributed by atoms with Gasteiger partial charge in [-0.3, -0.25) is 5.43 Å². The maximum absolute atomic E-state index is 5.31. The Bertz CT molecular complexity index is 522. The first kappa shape index (κ1) is 12.7. The molecule has 2 rings (SSSR count). The molecule has 2 aromatic rings. The van der Waals surface area contributed by atoms with Gasteiger partial charge in [0.1, 0.15) is 10.8 Å². The summed E-state index contributed by atoms with van der Waals surface area (Å²) in [6.07, 6.45) is 3.52. The van der Waals surface area contributed by atoms with Crippen LogP contribution in [-0.2, 0) is 5.54 Å². The molecule has 0 saturated carbocycles. The van der Waals surface area contributed by atoms with Crippen molar-refractivity contribution >= 4 is 23.1 Å². The third-order valence-corrected chi connectivity index (χ3v) is 3.60. The van der Waals surface area contributed by atoms with Gasteiger partial charge in [0.05, 0.1) is 5.54 Å². The average Bonchev–Trinajstić information content (AvgIpc) is 2.86. The standard InChI is InChI=1S/C11H16N6S/c1-7-6-14-10(17-12)15-8(7)16-11(2,3)9-13-4-5-18-9/h4-6H,12H2,1-3H3,(H2,14,15,16,17). The van der Waals surface area contributed by atoms with Gasteiger partial charge in [0, 0.05) is 23.3 Å². The van der Waals surface area contributed by atoms with E-state index in [2.05, 4.69) is 39.5 Å². The topological polar surface area (TPSA) is 88.8 Å². The van der Waals surface area contributed by atoms with Gasteiger partial charge in [0.2, 0.25) is 5.95 Å². The first-order chi connectivity index (χ1) is 8.53. The highest BCUT2D eigenvalue weighted by atomic mass is 32.1. The number of nitrogens with zero attached hydrogens (tertiary/aromatic N) is 3. The molecule has 0 atom stereocenters. The predicted molar refractivity (Wildman–Crippen MR) is 73.3 cm³/mol. The van der Waals surface area contributed by atoms with Gasteiger partial charge < -0.3 is 5.32 Å². The van der Waals surface area contributed by atoms with Crippen molar-refractivity contribution in [2.75, 3.05) is 10.7 Å². The molecule has 7 heteroatoms. The number of hydrogen-bond donors (Lipinski definition) is 3. The second-order valence-electron chi connectivity index (χ2n) is 4.46. The average molecular weight is 264 g/mol. The molecule has 2 aromatic heterocycles. The number of nitrogens with two attached hydrogens (primary N) is 1. The summed E-state index contributed by atoms with van der Waals surface area (Å²) in [5.74, 6) is 6.45. The lowest BCUT2D eigenvalue weighted by molar-refractivity contribution is 0.600. The lowest BCUT2D eigenvalue weighted by Gasteiger charge is -2.25. The summed E-state index contributed by atoms with van der Waals surface area (Å²) in [7, 11) is 0. The SMILES string of the molecule is Cc1cnc(NN)nc1NC(C)(C)c1nccs1. The Kier molecular flexibility index (Phi) is 3.44. The zero-order chi connectivity index (χ0) is 13.2. The molecule has 2 heterocycles. The largest absolute Gasteiger partial charge is 0.358 e. The van der Waals surface area contributed by atoms with Crippen LogP contribution in [0.5, 0.6) is 0 Å². The van der Waals surface area contributed by atoms with E-state index >= 15 is 0 Å². The third kappa shape index (κ3) is 2.57. The highest BCUT2D eigenvalue weighted by molar-refractivity contribution is 7.09. The van der Waals surface area contributed by atoms with Gasteiger partial charge in [-0.1, -0.05) is 0 Å². The van der Waals surface area contributed by atoms with Crippen molar-refractivity contribution in [3.63, 3.8) is 0 Å². The third-order valence-electron chi connectivity index (χ3n) is 2.50. The number of rotatable bonds is 4. The summed E-state index contributed by atoms with van der Waals surface area (Å²) >= 11 is 1.61. The van der Waals surface area contributed by atoms with Crippen LogP contribution in [0.2, 0.25) is 0 Å². The van der Waals surface area contributed by atoms with E-state index in [9.17, 15) is 0 Å². The van der Waals surface area contributed by atoms with E-state index in [1.807, 2.05) is 12.3 Å². The number of hydrogen-bond acceptors (Lipinski definition) is 7. The van der Waals surface area contributed by atoms with Crippen LogP contribution >= 0.6 is 11.3 Å². The minimum Gasteiger partial charge on any atom is -0.358 e. The second kappa shape index (κ2) is 4.87. The van der Waals surface area contributed by atoms with E-state index in [0.29, 0.717) is 5.95 Å². The van der Waals surface area contributed by atoms with Gasteiger partial charge in [-0.2, -0.15) is 4.98 Å². The zero-order valence-corrected chi connectivity index (χ0v) is 11.4. The summed E-state index contributed by atoms with van der Waals surface area (Å²) in [6, 6.07) is 0. The molecular weight excluding hydrogens is 248 g/mol. The first-order valence-corrected chi connectivity index (χ1v) is 6.39. The molecule has 0 saturated heterocycles.